The van der Waals surface area contributed by atoms with Crippen LogP contribution in [0, 0.1) is 0 Å². The molecule has 1 nitrogen and oxygen atoms in total. The van der Waals surface area contributed by atoms with E-state index < -0.39 is 0 Å². The van der Waals surface area contributed by atoms with Crippen LogP contribution in [0.25, 0.3) is 0 Å². The third-order valence-electron chi connectivity index (χ3n) is 4.53. The van der Waals surface area contributed by atoms with Crippen molar-refractivity contribution >= 4 is 0 Å². The van der Waals surface area contributed by atoms with Crippen LogP contribution in [0.2, 0.25) is 1.41 Å². The third kappa shape index (κ3) is 20.0. The Bertz CT molecular complexity index is 165. The Labute approximate surface area is 136 Å². The van der Waals surface area contributed by atoms with Crippen LogP contribution < -0.4 is 5.73 Å². The Kier molecular flexibility index (Phi) is 18.1. The van der Waals surface area contributed by atoms with Gasteiger partial charge >= 0.3 is 0 Å². The Balaban J connectivity index is 2.91. The van der Waals surface area contributed by atoms with Crippen molar-refractivity contribution in [3.63, 3.8) is 0 Å². The highest BCUT2D eigenvalue weighted by atomic mass is 14.5. The van der Waals surface area contributed by atoms with E-state index in [4.69, 9.17) is 1.41 Å². The van der Waals surface area contributed by atoms with Gasteiger partial charge in [-0.1, -0.05) is 116 Å². The summed E-state index contributed by atoms with van der Waals surface area (Å²) >= 11 is 0. The average molecular weight is 299 g/mol. The van der Waals surface area contributed by atoms with Gasteiger partial charge in [0.1, 0.15) is 1.41 Å². The van der Waals surface area contributed by atoms with Gasteiger partial charge in [-0.25, -0.2) is 0 Å². The van der Waals surface area contributed by atoms with Crippen molar-refractivity contribution in [3.8, 4) is 0 Å². The van der Waals surface area contributed by atoms with E-state index in [1.165, 1.54) is 116 Å². The van der Waals surface area contributed by atoms with E-state index in [1.807, 2.05) is 0 Å². The van der Waals surface area contributed by atoms with E-state index in [0.717, 1.165) is 6.54 Å². The molecule has 0 saturated heterocycles. The Morgan fingerprint density at radius 1 is 0.476 bits per heavy atom. The molecule has 21 heavy (non-hydrogen) atoms. The predicted molar refractivity (Wildman–Crippen MR) is 97.8 cm³/mol. The minimum atomic E-state index is 0.860. The molecule has 0 aliphatic carbocycles. The molecule has 0 bridgehead atoms. The largest absolute Gasteiger partial charge is 0.330 e. The van der Waals surface area contributed by atoms with Crippen molar-refractivity contribution < 1.29 is 1.41 Å². The van der Waals surface area contributed by atoms with E-state index in [9.17, 15) is 0 Å². The summed E-state index contributed by atoms with van der Waals surface area (Å²) in [6.45, 7) is 3.15. The fraction of sp³-hybridized carbons (Fsp3) is 1.00. The van der Waals surface area contributed by atoms with Crippen molar-refractivity contribution in [2.45, 2.75) is 122 Å². The SMILES string of the molecule is [2H]NCCCCCCCCCCCCCCCCCCCC. The summed E-state index contributed by atoms with van der Waals surface area (Å²) in [4.78, 5) is 0. The van der Waals surface area contributed by atoms with Gasteiger partial charge in [-0.05, 0) is 13.0 Å². The van der Waals surface area contributed by atoms with Gasteiger partial charge in [0.25, 0.3) is 0 Å². The lowest BCUT2D eigenvalue weighted by Gasteiger charge is -2.03. The minimum Gasteiger partial charge on any atom is -0.330 e. The molecule has 0 rings (SSSR count). The van der Waals surface area contributed by atoms with Crippen molar-refractivity contribution in [2.75, 3.05) is 6.54 Å². The van der Waals surface area contributed by atoms with Crippen LogP contribution in [-0.4, -0.2) is 6.54 Å². The topological polar surface area (TPSA) is 26.0 Å². The predicted octanol–water partition coefficient (Wildman–Crippen LogP) is 6.99. The van der Waals surface area contributed by atoms with Gasteiger partial charge < -0.3 is 5.73 Å². The first-order valence-electron chi connectivity index (χ1n) is 10.6. The molecule has 0 aromatic rings. The smallest absolute Gasteiger partial charge is 0.118 e. The van der Waals surface area contributed by atoms with Crippen LogP contribution in [0.1, 0.15) is 122 Å². The molecule has 0 spiro atoms. The lowest BCUT2D eigenvalue weighted by atomic mass is 10.0. The van der Waals surface area contributed by atoms with Gasteiger partial charge in [-0.15, -0.1) is 0 Å². The molecule has 2 N–H and O–H groups in total. The van der Waals surface area contributed by atoms with Gasteiger partial charge in [0, 0.05) is 0 Å². The second kappa shape index (κ2) is 20.0. The maximum absolute atomic E-state index is 6.85. The zero-order valence-electron chi connectivity index (χ0n) is 15.9. The highest BCUT2D eigenvalue weighted by Crippen LogP contribution is 2.14. The lowest BCUT2D eigenvalue weighted by Crippen LogP contribution is -1.97. The fourth-order valence-corrected chi connectivity index (χ4v) is 3.03. The molecule has 0 aliphatic heterocycles. The van der Waals surface area contributed by atoms with Crippen LogP contribution in [-0.2, 0) is 0 Å². The van der Waals surface area contributed by atoms with Crippen LogP contribution in [0.5, 0.6) is 0 Å². The number of hydrogen-bond acceptors (Lipinski definition) is 1. The first-order valence-corrected chi connectivity index (χ1v) is 10.1. The Morgan fingerprint density at radius 2 is 0.762 bits per heavy atom. The van der Waals surface area contributed by atoms with E-state index in [-0.39, 0.29) is 0 Å². The van der Waals surface area contributed by atoms with Gasteiger partial charge in [0.15, 0.2) is 0 Å². The molecule has 0 aliphatic rings. The molecule has 0 amide bonds. The van der Waals surface area contributed by atoms with Crippen LogP contribution in [0.15, 0.2) is 0 Å². The number of nitrogens with two attached hydrogens (primary N) is 1. The zero-order valence-corrected chi connectivity index (χ0v) is 14.9. The van der Waals surface area contributed by atoms with Crippen LogP contribution >= 0.6 is 0 Å². The highest BCUT2D eigenvalue weighted by molar-refractivity contribution is 4.50. The highest BCUT2D eigenvalue weighted by Gasteiger charge is 1.94. The van der Waals surface area contributed by atoms with E-state index in [2.05, 4.69) is 12.7 Å². The number of rotatable bonds is 19. The molecule has 0 aromatic heterocycles. The fourth-order valence-electron chi connectivity index (χ4n) is 3.03. The minimum absolute atomic E-state index is 0.860. The van der Waals surface area contributed by atoms with Crippen molar-refractivity contribution in [3.05, 3.63) is 0 Å². The summed E-state index contributed by atoms with van der Waals surface area (Å²) < 4.78 is 6.85. The lowest BCUT2D eigenvalue weighted by molar-refractivity contribution is 0.525. The molecule has 0 radical (unpaired) electrons. The Morgan fingerprint density at radius 3 is 1.05 bits per heavy atom. The van der Waals surface area contributed by atoms with E-state index >= 15 is 0 Å². The second-order valence-electron chi connectivity index (χ2n) is 6.76. The van der Waals surface area contributed by atoms with Crippen molar-refractivity contribution in [1.29, 1.82) is 0 Å². The molecule has 0 heterocycles. The van der Waals surface area contributed by atoms with E-state index in [0.29, 0.717) is 0 Å². The molecule has 0 fully saturated rings. The van der Waals surface area contributed by atoms with Crippen molar-refractivity contribution in [2.24, 2.45) is 5.73 Å². The molecule has 0 atom stereocenters. The van der Waals surface area contributed by atoms with Crippen LogP contribution in [0.3, 0.4) is 0 Å². The summed E-state index contributed by atoms with van der Waals surface area (Å²) in [7, 11) is 0. The average Bonchev–Trinajstić information content (AvgIpc) is 2.54. The van der Waals surface area contributed by atoms with Gasteiger partial charge in [0.2, 0.25) is 0 Å². The van der Waals surface area contributed by atoms with Gasteiger partial charge in [-0.3, -0.25) is 0 Å². The standard InChI is InChI=1S/C20H43N/c1-2-3-4-5-6-7-8-9-10-11-12-13-14-15-16-17-18-19-20-21/h2-21H2,1H3/i/hD. The molecular formula is C20H43N. The normalized spacial score (nSPS) is 11.8. The van der Waals surface area contributed by atoms with E-state index in [1.54, 1.807) is 0 Å². The maximum atomic E-state index is 6.85. The number of unbranched alkanes of at least 4 members (excludes halogenated alkanes) is 17. The molecule has 0 unspecified atom stereocenters. The summed E-state index contributed by atoms with van der Waals surface area (Å²) in [5.41, 5.74) is 2.47. The van der Waals surface area contributed by atoms with Crippen molar-refractivity contribution in [1.82, 2.24) is 0 Å². The molecule has 0 aromatic carbocycles. The molecule has 128 valence electrons. The molecular weight excluding hydrogens is 254 g/mol. The zero-order chi connectivity index (χ0) is 16.1. The molecule has 0 saturated carbocycles. The Hall–Kier alpha value is -0.0400. The maximum Gasteiger partial charge on any atom is 0.118 e. The molecule has 1 heteroatoms. The third-order valence-corrected chi connectivity index (χ3v) is 4.53. The quantitative estimate of drug-likeness (QED) is 0.256. The number of hydrogen-bond donors (Lipinski definition) is 1. The summed E-state index contributed by atoms with van der Waals surface area (Å²) in [5, 5.41) is 0. The second-order valence-corrected chi connectivity index (χ2v) is 6.76. The first-order chi connectivity index (χ1) is 10.9. The summed E-state index contributed by atoms with van der Waals surface area (Å²) in [5.74, 6) is 0. The monoisotopic (exact) mass is 298 g/mol. The van der Waals surface area contributed by atoms with Crippen LogP contribution in [0.4, 0.5) is 0 Å². The van der Waals surface area contributed by atoms with Gasteiger partial charge in [-0.2, -0.15) is 0 Å². The summed E-state index contributed by atoms with van der Waals surface area (Å²) in [6.07, 6.45) is 25.5. The first kappa shape index (κ1) is 19.0. The van der Waals surface area contributed by atoms with Gasteiger partial charge in [0.05, 0.1) is 0 Å². The summed E-state index contributed by atoms with van der Waals surface area (Å²) in [6, 6.07) is 0.